The molecule has 0 saturated heterocycles. The Morgan fingerprint density at radius 1 is 0.606 bits per heavy atom. The SMILES string of the molecule is C(/C1=N[C@@H](c2ccccc2)CO1)=c1/[nH]/c(=C/C2=N[C@@H](c3ccccc3)CO2)c2ccccc12. The summed E-state index contributed by atoms with van der Waals surface area (Å²) in [5.74, 6) is 1.28. The first-order chi connectivity index (χ1) is 16.3. The van der Waals surface area contributed by atoms with Gasteiger partial charge in [0.1, 0.15) is 25.3 Å². The highest BCUT2D eigenvalue weighted by Crippen LogP contribution is 2.24. The fourth-order valence-corrected chi connectivity index (χ4v) is 4.34. The Morgan fingerprint density at radius 3 is 1.48 bits per heavy atom. The fraction of sp³-hybridized carbons (Fsp3) is 0.143. The van der Waals surface area contributed by atoms with Crippen LogP contribution in [0.2, 0.25) is 0 Å². The van der Waals surface area contributed by atoms with E-state index in [-0.39, 0.29) is 12.1 Å². The van der Waals surface area contributed by atoms with Crippen molar-refractivity contribution in [2.24, 2.45) is 9.98 Å². The van der Waals surface area contributed by atoms with Gasteiger partial charge >= 0.3 is 0 Å². The highest BCUT2D eigenvalue weighted by Gasteiger charge is 2.20. The molecule has 0 radical (unpaired) electrons. The van der Waals surface area contributed by atoms with Gasteiger partial charge in [0.2, 0.25) is 11.8 Å². The van der Waals surface area contributed by atoms with Gasteiger partial charge in [0.15, 0.2) is 0 Å². The lowest BCUT2D eigenvalue weighted by Gasteiger charge is -2.03. The van der Waals surface area contributed by atoms with Crippen molar-refractivity contribution in [3.8, 4) is 0 Å². The summed E-state index contributed by atoms with van der Waals surface area (Å²) in [5.41, 5.74) is 2.33. The predicted molar refractivity (Wildman–Crippen MR) is 132 cm³/mol. The molecule has 1 aromatic heterocycles. The molecule has 4 aromatic rings. The van der Waals surface area contributed by atoms with E-state index in [1.807, 2.05) is 60.7 Å². The van der Waals surface area contributed by atoms with Crippen molar-refractivity contribution in [1.82, 2.24) is 4.98 Å². The molecule has 0 bridgehead atoms. The average Bonchev–Trinajstić information content (AvgIpc) is 3.61. The van der Waals surface area contributed by atoms with Gasteiger partial charge in [-0.3, -0.25) is 0 Å². The molecule has 0 saturated carbocycles. The Hall–Kier alpha value is -4.12. The van der Waals surface area contributed by atoms with Crippen molar-refractivity contribution in [2.75, 3.05) is 13.2 Å². The summed E-state index contributed by atoms with van der Waals surface area (Å²) in [4.78, 5) is 13.1. The molecule has 3 aromatic carbocycles. The molecule has 5 nitrogen and oxygen atoms in total. The van der Waals surface area contributed by atoms with Crippen molar-refractivity contribution < 1.29 is 9.47 Å². The number of ether oxygens (including phenoxy) is 2. The summed E-state index contributed by atoms with van der Waals surface area (Å²) in [6.45, 7) is 1.11. The predicted octanol–water partition coefficient (Wildman–Crippen LogP) is 4.07. The highest BCUT2D eigenvalue weighted by atomic mass is 16.5. The van der Waals surface area contributed by atoms with E-state index in [1.165, 1.54) is 0 Å². The minimum atomic E-state index is 0.0286. The molecule has 3 heterocycles. The maximum absolute atomic E-state index is 5.89. The Kier molecular flexibility index (Phi) is 5.00. The summed E-state index contributed by atoms with van der Waals surface area (Å²) < 4.78 is 11.8. The lowest BCUT2D eigenvalue weighted by atomic mass is 10.1. The Morgan fingerprint density at radius 2 is 1.03 bits per heavy atom. The number of nitrogens with one attached hydrogen (secondary N) is 1. The Balaban J connectivity index is 1.37. The third-order valence-corrected chi connectivity index (χ3v) is 6.03. The molecule has 1 N–H and O–H groups in total. The summed E-state index contributed by atoms with van der Waals surface area (Å²) in [5, 5.41) is 4.14. The van der Waals surface area contributed by atoms with E-state index in [4.69, 9.17) is 19.5 Å². The molecule has 0 amide bonds. The molecule has 2 aliphatic heterocycles. The number of hydrogen-bond acceptors (Lipinski definition) is 4. The lowest BCUT2D eigenvalue weighted by Crippen LogP contribution is -2.14. The van der Waals surface area contributed by atoms with Crippen LogP contribution in [0.5, 0.6) is 0 Å². The molecular formula is C28H23N3O2. The number of fused-ring (bicyclic) bond motifs is 1. The van der Waals surface area contributed by atoms with Gasteiger partial charge in [-0.25, -0.2) is 9.98 Å². The molecule has 2 atom stereocenters. The van der Waals surface area contributed by atoms with Gasteiger partial charge in [0, 0.05) is 22.9 Å². The van der Waals surface area contributed by atoms with Crippen LogP contribution in [0.15, 0.2) is 94.9 Å². The number of aliphatic imine (C=N–C) groups is 2. The molecule has 6 rings (SSSR count). The maximum Gasteiger partial charge on any atom is 0.211 e. The van der Waals surface area contributed by atoms with Gasteiger partial charge in [-0.05, 0) is 11.1 Å². The molecule has 0 unspecified atom stereocenters. The zero-order valence-electron chi connectivity index (χ0n) is 18.0. The number of H-pyrrole nitrogens is 1. The molecule has 0 spiro atoms. The number of rotatable bonds is 4. The topological polar surface area (TPSA) is 59.0 Å². The van der Waals surface area contributed by atoms with Crippen LogP contribution in [0.4, 0.5) is 0 Å². The van der Waals surface area contributed by atoms with Crippen molar-refractivity contribution >= 4 is 34.7 Å². The first kappa shape index (κ1) is 19.6. The number of benzene rings is 3. The average molecular weight is 434 g/mol. The van der Waals surface area contributed by atoms with E-state index in [2.05, 4.69) is 41.4 Å². The second-order valence-electron chi connectivity index (χ2n) is 8.20. The van der Waals surface area contributed by atoms with E-state index >= 15 is 0 Å². The van der Waals surface area contributed by atoms with Crippen molar-refractivity contribution in [1.29, 1.82) is 0 Å². The molecule has 162 valence electrons. The zero-order chi connectivity index (χ0) is 22.0. The number of nitrogens with zero attached hydrogens (tertiary/aromatic N) is 2. The lowest BCUT2D eigenvalue weighted by molar-refractivity contribution is 0.323. The minimum Gasteiger partial charge on any atom is -0.475 e. The van der Waals surface area contributed by atoms with Gasteiger partial charge in [0.05, 0.1) is 10.7 Å². The van der Waals surface area contributed by atoms with Crippen LogP contribution in [0, 0.1) is 0 Å². The van der Waals surface area contributed by atoms with Crippen LogP contribution >= 0.6 is 0 Å². The second-order valence-corrected chi connectivity index (χ2v) is 8.20. The Bertz CT molecular complexity index is 1360. The van der Waals surface area contributed by atoms with Crippen LogP contribution in [0.25, 0.3) is 22.9 Å². The number of aromatic amines is 1. The van der Waals surface area contributed by atoms with Gasteiger partial charge in [-0.1, -0.05) is 84.9 Å². The maximum atomic E-state index is 5.89. The van der Waals surface area contributed by atoms with Gasteiger partial charge in [-0.15, -0.1) is 0 Å². The largest absolute Gasteiger partial charge is 0.475 e. The minimum absolute atomic E-state index is 0.0286. The summed E-state index contributed by atoms with van der Waals surface area (Å²) in [6.07, 6.45) is 3.96. The standard InChI is InChI=1S/C28H23N3O2/c1-3-9-19(10-4-1)25-17-32-27(30-25)15-23-21-13-7-8-14-22(21)24(29-23)16-28-31-26(18-33-28)20-11-5-2-6-12-20/h1-16,25-26,29H,17-18H2/b23-15-,24-16+/t25-,26-/m1/s1. The monoisotopic (exact) mass is 433 g/mol. The number of hydrogen-bond donors (Lipinski definition) is 1. The van der Waals surface area contributed by atoms with Crippen LogP contribution in [-0.2, 0) is 9.47 Å². The number of aromatic nitrogens is 1. The Labute approximate surface area is 191 Å². The van der Waals surface area contributed by atoms with Crippen LogP contribution in [0.1, 0.15) is 23.2 Å². The third-order valence-electron chi connectivity index (χ3n) is 6.03. The van der Waals surface area contributed by atoms with Crippen molar-refractivity contribution in [2.45, 2.75) is 12.1 Å². The normalized spacial score (nSPS) is 21.1. The fourth-order valence-electron chi connectivity index (χ4n) is 4.34. The van der Waals surface area contributed by atoms with E-state index < -0.39 is 0 Å². The van der Waals surface area contributed by atoms with E-state index in [1.54, 1.807) is 0 Å². The first-order valence-corrected chi connectivity index (χ1v) is 11.1. The van der Waals surface area contributed by atoms with Crippen LogP contribution in [0.3, 0.4) is 0 Å². The molecule has 33 heavy (non-hydrogen) atoms. The van der Waals surface area contributed by atoms with Crippen molar-refractivity contribution in [3.63, 3.8) is 0 Å². The van der Waals surface area contributed by atoms with Gasteiger partial charge in [-0.2, -0.15) is 0 Å². The van der Waals surface area contributed by atoms with E-state index in [9.17, 15) is 0 Å². The van der Waals surface area contributed by atoms with Gasteiger partial charge in [0.25, 0.3) is 0 Å². The van der Waals surface area contributed by atoms with Crippen LogP contribution < -0.4 is 10.7 Å². The molecule has 5 heteroatoms. The van der Waals surface area contributed by atoms with Crippen LogP contribution in [-0.4, -0.2) is 30.0 Å². The molecule has 0 fully saturated rings. The third kappa shape index (κ3) is 3.94. The van der Waals surface area contributed by atoms with Gasteiger partial charge < -0.3 is 14.5 Å². The zero-order valence-corrected chi connectivity index (χ0v) is 18.0. The summed E-state index contributed by atoms with van der Waals surface area (Å²) in [6, 6.07) is 28.8. The molecule has 2 aliphatic rings. The second kappa shape index (κ2) is 8.43. The smallest absolute Gasteiger partial charge is 0.211 e. The van der Waals surface area contributed by atoms with E-state index in [0.29, 0.717) is 25.0 Å². The summed E-state index contributed by atoms with van der Waals surface area (Å²) in [7, 11) is 0. The summed E-state index contributed by atoms with van der Waals surface area (Å²) >= 11 is 0. The highest BCUT2D eigenvalue weighted by molar-refractivity contribution is 6.09. The molecular weight excluding hydrogens is 410 g/mol. The molecule has 0 aliphatic carbocycles. The van der Waals surface area contributed by atoms with E-state index in [0.717, 1.165) is 32.6 Å². The quantitative estimate of drug-likeness (QED) is 0.528. The van der Waals surface area contributed by atoms with Crippen molar-refractivity contribution in [3.05, 3.63) is 107 Å². The first-order valence-electron chi connectivity index (χ1n) is 11.1.